The number of amides is 2. The minimum atomic E-state index is -0.871. The predicted octanol–water partition coefficient (Wildman–Crippen LogP) is 12.2. The summed E-state index contributed by atoms with van der Waals surface area (Å²) in [5, 5.41) is 39.2. The van der Waals surface area contributed by atoms with Crippen molar-refractivity contribution in [1.82, 2.24) is 20.2 Å². The minimum Gasteiger partial charge on any atom is -0.508 e. The number of likely N-dealkylation sites (N-methyl/N-ethyl adjacent to an activating group) is 1. The Bertz CT molecular complexity index is 4090. The molecule has 18 nitrogen and oxygen atoms in total. The topological polar surface area (TPSA) is 243 Å². The van der Waals surface area contributed by atoms with Crippen LogP contribution in [0.1, 0.15) is 98.6 Å². The van der Waals surface area contributed by atoms with Crippen molar-refractivity contribution in [1.29, 1.82) is 0 Å². The summed E-state index contributed by atoms with van der Waals surface area (Å²) in [7, 11) is 8.04. The maximum absolute atomic E-state index is 12.3. The van der Waals surface area contributed by atoms with Crippen molar-refractivity contribution in [2.45, 2.75) is 73.1 Å². The molecule has 8 aromatic rings. The number of carbonyl (C=O) groups is 4. The first-order valence-corrected chi connectivity index (χ1v) is 28.9. The van der Waals surface area contributed by atoms with Crippen LogP contribution in [0, 0.1) is 26.7 Å². The number of aryl methyl sites for hydroxylation is 4. The third-order valence-electron chi connectivity index (χ3n) is 15.4. The number of phenols is 1. The highest BCUT2D eigenvalue weighted by atomic mass is 16.5. The molecule has 2 aromatic heterocycles. The number of fused-ring (bicyclic) bond motifs is 4. The fraction of sp³-hybridized carbons (Fsp3) is 0.233. The van der Waals surface area contributed by atoms with E-state index < -0.39 is 22.7 Å². The molecule has 0 spiro atoms. The van der Waals surface area contributed by atoms with E-state index in [1.54, 1.807) is 108 Å². The van der Waals surface area contributed by atoms with Crippen molar-refractivity contribution in [3.8, 4) is 34.5 Å². The summed E-state index contributed by atoms with van der Waals surface area (Å²) < 4.78 is 25.7. The molecule has 3 aliphatic rings. The van der Waals surface area contributed by atoms with Crippen LogP contribution in [0.4, 0.5) is 0 Å². The molecule has 18 heteroatoms. The first-order valence-electron chi connectivity index (χ1n) is 28.9. The van der Waals surface area contributed by atoms with E-state index in [0.29, 0.717) is 46.4 Å². The lowest BCUT2D eigenvalue weighted by atomic mass is 9.77. The van der Waals surface area contributed by atoms with Gasteiger partial charge in [-0.15, -0.1) is 0 Å². The molecule has 2 amide bonds. The van der Waals surface area contributed by atoms with Crippen molar-refractivity contribution in [2.75, 3.05) is 35.5 Å². The van der Waals surface area contributed by atoms with E-state index in [4.69, 9.17) is 28.5 Å². The number of aliphatic hydroxyl groups excluding tert-OH is 1. The number of aromatic amines is 1. The molecule has 0 saturated carbocycles. The van der Waals surface area contributed by atoms with Crippen molar-refractivity contribution in [2.24, 2.45) is 11.0 Å². The lowest BCUT2D eigenvalue weighted by molar-refractivity contribution is -0.131. The number of aromatic nitrogens is 1. The van der Waals surface area contributed by atoms with Crippen LogP contribution < -0.4 is 29.9 Å². The minimum absolute atomic E-state index is 0. The highest BCUT2D eigenvalue weighted by molar-refractivity contribution is 6.08. The average molecular weight is 1230 g/mol. The van der Waals surface area contributed by atoms with Crippen molar-refractivity contribution in [3.63, 3.8) is 0 Å². The second-order valence-corrected chi connectivity index (χ2v) is 21.5. The Kier molecular flexibility index (Phi) is 23.1. The van der Waals surface area contributed by atoms with Crippen LogP contribution in [-0.4, -0.2) is 101 Å². The summed E-state index contributed by atoms with van der Waals surface area (Å²) in [4.78, 5) is 64.6. The van der Waals surface area contributed by atoms with Crippen LogP contribution in [0.15, 0.2) is 179 Å². The molecule has 1 saturated heterocycles. The maximum atomic E-state index is 12.3. The molecule has 0 radical (unpaired) electrons. The molecule has 472 valence electrons. The van der Waals surface area contributed by atoms with Crippen molar-refractivity contribution < 1.29 is 57.9 Å². The van der Waals surface area contributed by atoms with Gasteiger partial charge in [0.1, 0.15) is 34.7 Å². The quantitative estimate of drug-likeness (QED) is 0.0474. The standard InChI is InChI=1S/C21H22N2O2.C21H22O5.C16H14O5.C14H15N3O.CH4/c1-13-3-6-17(7-4-13)21-18-10-9-16-8-5-15(12-24)11-19(16)20(18)22-23(21)14(2)25;1-23-18-11-7-15(13-20(18)25-3)5-9-17(22)10-6-16-8-12-19(24-2)21(14-16)26-4;1-9-7-11(3-5-12(9)17)4-6-13(18)15-14(19)8-10(2)21-16(15)20;1-9-16-13(14(18)17(9)2)7-10-8-15-12-6-4-3-5-11(10)12;/h3-8,11,18,21,24H,9-10,12H2,1-2H3;5-14H,1-4H3;3-8,17,19H,1-2H3;3-6,8,13,15-16H,1,7H2,2H3;1H4/b;9-5+,10-6+;6-4+;;. The molecule has 2 aliphatic heterocycles. The van der Waals surface area contributed by atoms with Gasteiger partial charge in [0.05, 0.1) is 46.8 Å². The number of carbonyl (C=O) groups excluding carboxylic acids is 4. The third kappa shape index (κ3) is 16.5. The van der Waals surface area contributed by atoms with Gasteiger partial charge in [0, 0.05) is 55.0 Å². The number of H-pyrrole nitrogens is 1. The Morgan fingerprint density at radius 3 is 1.91 bits per heavy atom. The number of aliphatic hydroxyl groups is 1. The van der Waals surface area contributed by atoms with Crippen LogP contribution in [0.3, 0.4) is 0 Å². The largest absolute Gasteiger partial charge is 0.508 e. The molecule has 1 aliphatic carbocycles. The summed E-state index contributed by atoms with van der Waals surface area (Å²) in [6.07, 6.45) is 13.7. The van der Waals surface area contributed by atoms with Gasteiger partial charge < -0.3 is 53.9 Å². The number of nitrogens with one attached hydrogen (secondary N) is 2. The van der Waals surface area contributed by atoms with E-state index in [1.807, 2.05) is 48.7 Å². The number of phenolic OH excluding ortho intramolecular Hbond substituents is 1. The fourth-order valence-electron chi connectivity index (χ4n) is 10.6. The number of aromatic hydroxyl groups is 2. The zero-order valence-electron chi connectivity index (χ0n) is 51.7. The SMILES string of the molecule is C.C=C1NC(Cc2c[nH]c3ccccc23)C(=O)N1C.CC(=O)N1N=C2c3cc(CO)ccc3CCC2C1c1ccc(C)cc1.COc1ccc(/C=C/C(=O)/C=C/c2ccc(OC)c(OC)c2)cc1OC.Cc1cc(O)c(C(=O)/C=C/c2ccc(O)c(C)c2)c(=O)o1. The van der Waals surface area contributed by atoms with Crippen LogP contribution >= 0.6 is 0 Å². The number of ether oxygens (including phenoxy) is 4. The normalized spacial score (nSPS) is 15.5. The highest BCUT2D eigenvalue weighted by Crippen LogP contribution is 2.44. The van der Waals surface area contributed by atoms with Gasteiger partial charge in [0.25, 0.3) is 5.91 Å². The Labute approximate surface area is 529 Å². The van der Waals surface area contributed by atoms with E-state index in [2.05, 4.69) is 60.2 Å². The highest BCUT2D eigenvalue weighted by Gasteiger charge is 2.43. The summed E-state index contributed by atoms with van der Waals surface area (Å²) in [5.41, 5.74) is 10.6. The zero-order chi connectivity index (χ0) is 64.8. The number of hydrogen-bond donors (Lipinski definition) is 5. The lowest BCUT2D eigenvalue weighted by Crippen LogP contribution is -2.31. The second-order valence-electron chi connectivity index (χ2n) is 21.5. The number of nitrogens with zero attached hydrogens (tertiary/aromatic N) is 3. The van der Waals surface area contributed by atoms with E-state index in [-0.39, 0.29) is 61.1 Å². The summed E-state index contributed by atoms with van der Waals surface area (Å²) in [6, 6.07) is 39.3. The molecule has 0 bridgehead atoms. The van der Waals surface area contributed by atoms with Crippen LogP contribution in [-0.2, 0) is 33.8 Å². The molecule has 5 N–H and O–H groups in total. The van der Waals surface area contributed by atoms with Gasteiger partial charge in [-0.3, -0.25) is 19.2 Å². The smallest absolute Gasteiger partial charge is 0.351 e. The molecule has 3 atom stereocenters. The number of hydrogen-bond acceptors (Lipinski definition) is 15. The van der Waals surface area contributed by atoms with Crippen molar-refractivity contribution >= 4 is 58.2 Å². The Hall–Kier alpha value is -10.7. The molecular weight excluding hydrogens is 1150 g/mol. The summed E-state index contributed by atoms with van der Waals surface area (Å²) in [6.45, 7) is 10.7. The molecule has 4 heterocycles. The van der Waals surface area contributed by atoms with E-state index in [1.165, 1.54) is 59.9 Å². The monoisotopic (exact) mass is 1230 g/mol. The predicted molar refractivity (Wildman–Crippen MR) is 354 cm³/mol. The number of para-hydroxylation sites is 1. The number of hydrazone groups is 1. The van der Waals surface area contributed by atoms with Gasteiger partial charge in [0.2, 0.25) is 5.91 Å². The Morgan fingerprint density at radius 1 is 0.736 bits per heavy atom. The molecule has 1 fully saturated rings. The summed E-state index contributed by atoms with van der Waals surface area (Å²) >= 11 is 0. The van der Waals surface area contributed by atoms with Crippen LogP contribution in [0.5, 0.6) is 34.5 Å². The number of rotatable bonds is 15. The molecule has 6 aromatic carbocycles. The first-order chi connectivity index (χ1) is 43.2. The van der Waals surface area contributed by atoms with Gasteiger partial charge in [-0.05, 0) is 145 Å². The van der Waals surface area contributed by atoms with Gasteiger partial charge in [0.15, 0.2) is 34.6 Å². The Morgan fingerprint density at radius 2 is 1.34 bits per heavy atom. The fourth-order valence-corrected chi connectivity index (χ4v) is 10.6. The molecular formula is C73H77N5O13. The van der Waals surface area contributed by atoms with Gasteiger partial charge in [-0.25, -0.2) is 9.80 Å². The van der Waals surface area contributed by atoms with Gasteiger partial charge >= 0.3 is 5.63 Å². The zero-order valence-corrected chi connectivity index (χ0v) is 51.7. The molecule has 3 unspecified atom stereocenters. The Balaban J connectivity index is 0.000000173. The first kappa shape index (κ1) is 67.8. The third-order valence-corrected chi connectivity index (χ3v) is 15.4. The number of allylic oxidation sites excluding steroid dienone is 3. The second kappa shape index (κ2) is 31.0. The van der Waals surface area contributed by atoms with E-state index in [0.717, 1.165) is 57.5 Å². The average Bonchev–Trinajstić information content (AvgIpc) is 1.63. The number of ketones is 2. The van der Waals surface area contributed by atoms with Gasteiger partial charge in [-0.2, -0.15) is 5.10 Å². The number of benzene rings is 6. The molecule has 11 rings (SSSR count). The van der Waals surface area contributed by atoms with Crippen molar-refractivity contribution in [3.05, 3.63) is 242 Å². The summed E-state index contributed by atoms with van der Waals surface area (Å²) in [5.74, 6) is 2.64. The maximum Gasteiger partial charge on any atom is 0.351 e. The lowest BCUT2D eigenvalue weighted by Gasteiger charge is -2.29. The van der Waals surface area contributed by atoms with E-state index in [9.17, 15) is 39.3 Å². The van der Waals surface area contributed by atoms with Crippen LogP contribution in [0.2, 0.25) is 0 Å². The molecule has 91 heavy (non-hydrogen) atoms. The van der Waals surface area contributed by atoms with Gasteiger partial charge in [-0.1, -0.05) is 111 Å². The number of methoxy groups -OCH3 is 4. The van der Waals surface area contributed by atoms with E-state index >= 15 is 0 Å². The van der Waals surface area contributed by atoms with Crippen LogP contribution in [0.25, 0.3) is 29.1 Å².